The molecule has 0 saturated heterocycles. The number of carbonyl (C=O) groups is 1. The number of hydrogen-bond acceptors (Lipinski definition) is 5. The number of H-pyrrole nitrogens is 1. The Hall–Kier alpha value is -4.59. The molecule has 8 heteroatoms. The molecule has 182 valence electrons. The summed E-state index contributed by atoms with van der Waals surface area (Å²) in [6.45, 7) is 2.37. The second-order valence-corrected chi connectivity index (χ2v) is 8.41. The number of amides is 1. The number of aromatic amines is 1. The van der Waals surface area contributed by atoms with Crippen molar-refractivity contribution >= 4 is 27.7 Å². The summed E-state index contributed by atoms with van der Waals surface area (Å²) >= 11 is 0. The van der Waals surface area contributed by atoms with Gasteiger partial charge in [-0.2, -0.15) is 0 Å². The van der Waals surface area contributed by atoms with Crippen molar-refractivity contribution in [1.82, 2.24) is 20.1 Å². The van der Waals surface area contributed by atoms with Crippen LogP contribution in [0.3, 0.4) is 0 Å². The predicted molar refractivity (Wildman–Crippen MR) is 139 cm³/mol. The third kappa shape index (κ3) is 4.17. The highest BCUT2D eigenvalue weighted by Crippen LogP contribution is 2.25. The molecule has 0 spiro atoms. The van der Waals surface area contributed by atoms with Crippen LogP contribution in [0, 0.1) is 0 Å². The molecule has 2 N–H and O–H groups in total. The molecule has 0 atom stereocenters. The van der Waals surface area contributed by atoms with Gasteiger partial charge in [-0.1, -0.05) is 19.1 Å². The fraction of sp³-hybridized carbons (Fsp3) is 0.179. The number of hydrogen-bond donors (Lipinski definition) is 2. The lowest BCUT2D eigenvalue weighted by Gasteiger charge is -2.11. The van der Waals surface area contributed by atoms with E-state index in [9.17, 15) is 9.59 Å². The average molecular weight is 483 g/mol. The number of methoxy groups -OCH3 is 2. The molecular formula is C28H26N4O4. The average Bonchev–Trinajstić information content (AvgIpc) is 3.27. The highest BCUT2D eigenvalue weighted by atomic mass is 16.5. The second-order valence-electron chi connectivity index (χ2n) is 8.41. The Balaban J connectivity index is 1.47. The lowest BCUT2D eigenvalue weighted by molar-refractivity contribution is 0.0951. The summed E-state index contributed by atoms with van der Waals surface area (Å²) in [5.41, 5.74) is 4.35. The molecule has 0 saturated carbocycles. The van der Waals surface area contributed by atoms with Crippen LogP contribution in [0.5, 0.6) is 11.5 Å². The van der Waals surface area contributed by atoms with Crippen molar-refractivity contribution < 1.29 is 14.3 Å². The minimum atomic E-state index is -0.247. The summed E-state index contributed by atoms with van der Waals surface area (Å²) in [5, 5.41) is 7.31. The highest BCUT2D eigenvalue weighted by Gasteiger charge is 2.15. The fourth-order valence-corrected chi connectivity index (χ4v) is 4.24. The van der Waals surface area contributed by atoms with Gasteiger partial charge in [0.05, 0.1) is 36.3 Å². The number of nitrogens with zero attached hydrogens (tertiary/aromatic N) is 2. The van der Waals surface area contributed by atoms with Gasteiger partial charge < -0.3 is 14.8 Å². The third-order valence-electron chi connectivity index (χ3n) is 6.32. The highest BCUT2D eigenvalue weighted by molar-refractivity contribution is 6.06. The first-order valence-electron chi connectivity index (χ1n) is 11.6. The van der Waals surface area contributed by atoms with Gasteiger partial charge in [0.2, 0.25) is 0 Å². The monoisotopic (exact) mass is 482 g/mol. The quantitative estimate of drug-likeness (QED) is 0.359. The summed E-state index contributed by atoms with van der Waals surface area (Å²) in [6.07, 6.45) is 2.50. The molecule has 0 radical (unpaired) electrons. The summed E-state index contributed by atoms with van der Waals surface area (Å²) in [7, 11) is 3.16. The van der Waals surface area contributed by atoms with Crippen LogP contribution in [0.25, 0.3) is 27.5 Å². The normalized spacial score (nSPS) is 11.1. The SMILES string of the molecule is CCc1ccc(-n2[nH]c3c(cnc4ccc(C(=O)NCc5ccc(OC)cc5OC)cc43)c2=O)cc1. The van der Waals surface area contributed by atoms with Gasteiger partial charge in [-0.05, 0) is 54.4 Å². The molecule has 1 amide bonds. The standard InChI is InChI=1S/C28H26N4O4/c1-4-17-5-9-20(10-6-17)32-28(34)23-16-29-24-12-8-18(13-22(24)26(23)31-32)27(33)30-15-19-7-11-21(35-2)14-25(19)36-3/h5-14,16,31H,4,15H2,1-3H3,(H,30,33). The van der Waals surface area contributed by atoms with E-state index < -0.39 is 0 Å². The molecule has 0 aliphatic heterocycles. The lowest BCUT2D eigenvalue weighted by atomic mass is 10.1. The van der Waals surface area contributed by atoms with Crippen LogP contribution in [0.15, 0.2) is 71.7 Å². The van der Waals surface area contributed by atoms with E-state index in [0.717, 1.165) is 17.7 Å². The Morgan fingerprint density at radius 3 is 2.53 bits per heavy atom. The van der Waals surface area contributed by atoms with E-state index >= 15 is 0 Å². The van der Waals surface area contributed by atoms with Crippen molar-refractivity contribution in [3.63, 3.8) is 0 Å². The molecule has 2 aromatic heterocycles. The summed E-state index contributed by atoms with van der Waals surface area (Å²) in [5.74, 6) is 1.06. The van der Waals surface area contributed by atoms with Gasteiger partial charge in [-0.3, -0.25) is 19.7 Å². The number of rotatable bonds is 7. The lowest BCUT2D eigenvalue weighted by Crippen LogP contribution is -2.23. The van der Waals surface area contributed by atoms with Crippen LogP contribution in [-0.2, 0) is 13.0 Å². The topological polar surface area (TPSA) is 98.2 Å². The molecule has 5 aromatic rings. The molecule has 0 fully saturated rings. The first kappa shape index (κ1) is 23.2. The maximum Gasteiger partial charge on any atom is 0.280 e. The Kier molecular flexibility index (Phi) is 6.16. The van der Waals surface area contributed by atoms with Gasteiger partial charge in [-0.25, -0.2) is 4.68 Å². The Labute approximate surface area is 207 Å². The number of carbonyl (C=O) groups excluding carboxylic acids is 1. The van der Waals surface area contributed by atoms with E-state index in [4.69, 9.17) is 9.47 Å². The number of nitrogens with one attached hydrogen (secondary N) is 2. The molecule has 0 aliphatic rings. The molecule has 36 heavy (non-hydrogen) atoms. The van der Waals surface area contributed by atoms with E-state index in [2.05, 4.69) is 22.3 Å². The molecule has 0 bridgehead atoms. The van der Waals surface area contributed by atoms with Gasteiger partial charge in [-0.15, -0.1) is 0 Å². The van der Waals surface area contributed by atoms with Gasteiger partial charge in [0.1, 0.15) is 11.5 Å². The summed E-state index contributed by atoms with van der Waals surface area (Å²) < 4.78 is 12.2. The van der Waals surface area contributed by atoms with Crippen molar-refractivity contribution in [2.45, 2.75) is 19.9 Å². The first-order chi connectivity index (χ1) is 17.5. The summed E-state index contributed by atoms with van der Waals surface area (Å²) in [6, 6.07) is 18.5. The van der Waals surface area contributed by atoms with Gasteiger partial charge in [0.25, 0.3) is 11.5 Å². The zero-order valence-electron chi connectivity index (χ0n) is 20.3. The van der Waals surface area contributed by atoms with Crippen LogP contribution in [0.1, 0.15) is 28.4 Å². The minimum absolute atomic E-state index is 0.190. The number of aromatic nitrogens is 3. The van der Waals surface area contributed by atoms with Crippen LogP contribution < -0.4 is 20.3 Å². The smallest absolute Gasteiger partial charge is 0.280 e. The van der Waals surface area contributed by atoms with E-state index in [1.807, 2.05) is 36.4 Å². The van der Waals surface area contributed by atoms with Gasteiger partial charge >= 0.3 is 0 Å². The maximum absolute atomic E-state index is 13.1. The third-order valence-corrected chi connectivity index (χ3v) is 6.32. The van der Waals surface area contributed by atoms with Gasteiger partial charge in [0.15, 0.2) is 0 Å². The minimum Gasteiger partial charge on any atom is -0.497 e. The number of benzene rings is 3. The number of fused-ring (bicyclic) bond motifs is 3. The van der Waals surface area contributed by atoms with Crippen molar-refractivity contribution in [2.75, 3.05) is 14.2 Å². The van der Waals surface area contributed by atoms with E-state index in [1.165, 1.54) is 10.2 Å². The van der Waals surface area contributed by atoms with Crippen molar-refractivity contribution in [3.8, 4) is 17.2 Å². The second kappa shape index (κ2) is 9.58. The fourth-order valence-electron chi connectivity index (χ4n) is 4.24. The number of aryl methyl sites for hydroxylation is 1. The summed E-state index contributed by atoms with van der Waals surface area (Å²) in [4.78, 5) is 30.5. The van der Waals surface area contributed by atoms with Crippen LogP contribution in [0.2, 0.25) is 0 Å². The zero-order valence-corrected chi connectivity index (χ0v) is 20.3. The van der Waals surface area contributed by atoms with Gasteiger partial charge in [0, 0.05) is 35.3 Å². The van der Waals surface area contributed by atoms with Crippen LogP contribution in [0.4, 0.5) is 0 Å². The number of ether oxygens (including phenoxy) is 2. The Morgan fingerprint density at radius 2 is 1.81 bits per heavy atom. The molecule has 3 aromatic carbocycles. The number of pyridine rings is 1. The van der Waals surface area contributed by atoms with Crippen molar-refractivity contribution in [1.29, 1.82) is 0 Å². The Morgan fingerprint density at radius 1 is 1.00 bits per heavy atom. The first-order valence-corrected chi connectivity index (χ1v) is 11.6. The van der Waals surface area contributed by atoms with E-state index in [1.54, 1.807) is 44.7 Å². The molecular weight excluding hydrogens is 456 g/mol. The van der Waals surface area contributed by atoms with Crippen molar-refractivity contribution in [3.05, 3.63) is 93.9 Å². The van der Waals surface area contributed by atoms with E-state index in [0.29, 0.717) is 38.9 Å². The molecule has 0 aliphatic carbocycles. The Bertz CT molecular complexity index is 1630. The van der Waals surface area contributed by atoms with Crippen LogP contribution in [-0.4, -0.2) is 34.9 Å². The largest absolute Gasteiger partial charge is 0.497 e. The zero-order chi connectivity index (χ0) is 25.2. The molecule has 2 heterocycles. The molecule has 0 unspecified atom stereocenters. The van der Waals surface area contributed by atoms with E-state index in [-0.39, 0.29) is 18.0 Å². The van der Waals surface area contributed by atoms with Crippen LogP contribution >= 0.6 is 0 Å². The molecule has 8 nitrogen and oxygen atoms in total. The van der Waals surface area contributed by atoms with Crippen molar-refractivity contribution in [2.24, 2.45) is 0 Å². The molecule has 5 rings (SSSR count). The predicted octanol–water partition coefficient (Wildman–Crippen LogP) is 4.38. The maximum atomic E-state index is 13.1.